The molecule has 0 radical (unpaired) electrons. The van der Waals surface area contributed by atoms with Crippen molar-refractivity contribution in [3.05, 3.63) is 48.3 Å². The summed E-state index contributed by atoms with van der Waals surface area (Å²) in [5, 5.41) is 12.4. The van der Waals surface area contributed by atoms with Crippen molar-refractivity contribution in [2.24, 2.45) is 0 Å². The molecule has 1 aliphatic rings. The lowest BCUT2D eigenvalue weighted by Crippen LogP contribution is -2.51. The molecule has 7 nitrogen and oxygen atoms in total. The van der Waals surface area contributed by atoms with Gasteiger partial charge in [0.25, 0.3) is 0 Å². The zero-order valence-corrected chi connectivity index (χ0v) is 14.3. The van der Waals surface area contributed by atoms with Crippen LogP contribution in [0.2, 0.25) is 0 Å². The van der Waals surface area contributed by atoms with Crippen molar-refractivity contribution in [1.82, 2.24) is 20.2 Å². The fourth-order valence-corrected chi connectivity index (χ4v) is 2.96. The summed E-state index contributed by atoms with van der Waals surface area (Å²) in [5.41, 5.74) is 0.971. The van der Waals surface area contributed by atoms with Gasteiger partial charge in [-0.2, -0.15) is 0 Å². The summed E-state index contributed by atoms with van der Waals surface area (Å²) in [6, 6.07) is 8.65. The van der Waals surface area contributed by atoms with E-state index < -0.39 is 0 Å². The van der Waals surface area contributed by atoms with E-state index in [1.54, 1.807) is 42.5 Å². The van der Waals surface area contributed by atoms with E-state index in [4.69, 9.17) is 0 Å². The minimum Gasteiger partial charge on any atom is -0.508 e. The Kier molecular flexibility index (Phi) is 5.33. The van der Waals surface area contributed by atoms with Gasteiger partial charge in [0.05, 0.1) is 0 Å². The molecule has 3 rings (SSSR count). The number of piperidine rings is 1. The van der Waals surface area contributed by atoms with Gasteiger partial charge in [-0.15, -0.1) is 0 Å². The van der Waals surface area contributed by atoms with Crippen LogP contribution in [0.3, 0.4) is 0 Å². The predicted octanol–water partition coefficient (Wildman–Crippen LogP) is 1.99. The van der Waals surface area contributed by atoms with Crippen LogP contribution >= 0.6 is 0 Å². The van der Waals surface area contributed by atoms with E-state index in [-0.39, 0.29) is 17.8 Å². The molecule has 1 aromatic carbocycles. The summed E-state index contributed by atoms with van der Waals surface area (Å²) in [4.78, 5) is 24.8. The SMILES string of the molecule is CN(Cc1ccc(O)cc1)C(=O)N[C@@H]1CCCN(c2ncccn2)C1. The first-order valence-corrected chi connectivity index (χ1v) is 8.43. The van der Waals surface area contributed by atoms with Crippen LogP contribution in [-0.2, 0) is 6.54 Å². The number of amides is 2. The highest BCUT2D eigenvalue weighted by Crippen LogP contribution is 2.16. The summed E-state index contributed by atoms with van der Waals surface area (Å²) in [6.45, 7) is 2.10. The number of nitrogens with one attached hydrogen (secondary N) is 1. The Labute approximate surface area is 147 Å². The van der Waals surface area contributed by atoms with E-state index in [0.29, 0.717) is 19.0 Å². The van der Waals surface area contributed by atoms with Crippen LogP contribution in [0.25, 0.3) is 0 Å². The number of urea groups is 1. The normalized spacial score (nSPS) is 17.2. The first kappa shape index (κ1) is 17.0. The van der Waals surface area contributed by atoms with E-state index >= 15 is 0 Å². The molecule has 0 saturated carbocycles. The van der Waals surface area contributed by atoms with Crippen LogP contribution in [0.1, 0.15) is 18.4 Å². The van der Waals surface area contributed by atoms with Gasteiger partial charge in [-0.05, 0) is 36.6 Å². The van der Waals surface area contributed by atoms with Crippen LogP contribution in [0.15, 0.2) is 42.7 Å². The maximum absolute atomic E-state index is 12.4. The van der Waals surface area contributed by atoms with Gasteiger partial charge in [-0.1, -0.05) is 12.1 Å². The van der Waals surface area contributed by atoms with Crippen LogP contribution in [0, 0.1) is 0 Å². The van der Waals surface area contributed by atoms with Gasteiger partial charge >= 0.3 is 6.03 Å². The molecular weight excluding hydrogens is 318 g/mol. The number of carbonyl (C=O) groups excluding carboxylic acids is 1. The topological polar surface area (TPSA) is 81.6 Å². The monoisotopic (exact) mass is 341 g/mol. The summed E-state index contributed by atoms with van der Waals surface area (Å²) in [6.07, 6.45) is 5.40. The molecular formula is C18H23N5O2. The molecule has 1 fully saturated rings. The van der Waals surface area contributed by atoms with Crippen molar-refractivity contribution >= 4 is 12.0 Å². The zero-order chi connectivity index (χ0) is 17.6. The Hall–Kier alpha value is -2.83. The molecule has 1 saturated heterocycles. The van der Waals surface area contributed by atoms with Gasteiger partial charge in [-0.25, -0.2) is 14.8 Å². The molecule has 1 aromatic heterocycles. The van der Waals surface area contributed by atoms with Gasteiger partial charge in [0.1, 0.15) is 5.75 Å². The number of aromatic hydroxyl groups is 1. The fourth-order valence-electron chi connectivity index (χ4n) is 2.96. The third kappa shape index (κ3) is 4.59. The molecule has 0 spiro atoms. The third-order valence-electron chi connectivity index (χ3n) is 4.29. The van der Waals surface area contributed by atoms with Crippen LogP contribution < -0.4 is 10.2 Å². The Morgan fingerprint density at radius 2 is 2.04 bits per heavy atom. The Morgan fingerprint density at radius 3 is 2.76 bits per heavy atom. The first-order chi connectivity index (χ1) is 12.1. The molecule has 0 aliphatic carbocycles. The number of phenolic OH excluding ortho intramolecular Hbond substituents is 1. The number of rotatable bonds is 4. The number of aromatic nitrogens is 2. The maximum atomic E-state index is 12.4. The second kappa shape index (κ2) is 7.83. The zero-order valence-electron chi connectivity index (χ0n) is 14.3. The number of nitrogens with zero attached hydrogens (tertiary/aromatic N) is 4. The maximum Gasteiger partial charge on any atom is 0.317 e. The lowest BCUT2D eigenvalue weighted by molar-refractivity contribution is 0.200. The molecule has 1 aliphatic heterocycles. The molecule has 2 amide bonds. The molecule has 25 heavy (non-hydrogen) atoms. The average molecular weight is 341 g/mol. The number of phenols is 1. The molecule has 132 valence electrons. The van der Waals surface area contributed by atoms with Gasteiger partial charge in [0.15, 0.2) is 0 Å². The van der Waals surface area contributed by atoms with Crippen molar-refractivity contribution in [3.63, 3.8) is 0 Å². The summed E-state index contributed by atoms with van der Waals surface area (Å²) in [7, 11) is 1.77. The van der Waals surface area contributed by atoms with Gasteiger partial charge in [0, 0.05) is 45.1 Å². The molecule has 0 unspecified atom stereocenters. The molecule has 2 heterocycles. The fraction of sp³-hybridized carbons (Fsp3) is 0.389. The predicted molar refractivity (Wildman–Crippen MR) is 95.4 cm³/mol. The average Bonchev–Trinajstić information content (AvgIpc) is 2.64. The Balaban J connectivity index is 1.54. The second-order valence-electron chi connectivity index (χ2n) is 6.31. The van der Waals surface area contributed by atoms with E-state index in [9.17, 15) is 9.90 Å². The molecule has 2 aromatic rings. The van der Waals surface area contributed by atoms with E-state index in [2.05, 4.69) is 20.2 Å². The quantitative estimate of drug-likeness (QED) is 0.889. The number of carbonyl (C=O) groups is 1. The molecule has 7 heteroatoms. The van der Waals surface area contributed by atoms with Crippen molar-refractivity contribution in [3.8, 4) is 5.75 Å². The smallest absolute Gasteiger partial charge is 0.317 e. The standard InChI is InChI=1S/C18H23N5O2/c1-22(12-14-5-7-16(24)8-6-14)18(25)21-15-4-2-11-23(13-15)17-19-9-3-10-20-17/h3,5-10,15,24H,2,4,11-13H2,1H3,(H,21,25)/t15-/m1/s1. The van der Waals surface area contributed by atoms with E-state index in [1.165, 1.54) is 0 Å². The third-order valence-corrected chi connectivity index (χ3v) is 4.29. The Morgan fingerprint density at radius 1 is 1.32 bits per heavy atom. The van der Waals surface area contributed by atoms with Crippen LogP contribution in [-0.4, -0.2) is 52.2 Å². The van der Waals surface area contributed by atoms with Crippen molar-refractivity contribution in [1.29, 1.82) is 0 Å². The first-order valence-electron chi connectivity index (χ1n) is 8.43. The highest BCUT2D eigenvalue weighted by Gasteiger charge is 2.24. The number of anilines is 1. The highest BCUT2D eigenvalue weighted by atomic mass is 16.3. The van der Waals surface area contributed by atoms with Gasteiger partial charge in [0.2, 0.25) is 5.95 Å². The number of benzene rings is 1. The summed E-state index contributed by atoms with van der Waals surface area (Å²) < 4.78 is 0. The van der Waals surface area contributed by atoms with Crippen molar-refractivity contribution in [2.75, 3.05) is 25.0 Å². The number of hydrogen-bond donors (Lipinski definition) is 2. The van der Waals surface area contributed by atoms with Gasteiger partial charge < -0.3 is 20.2 Å². The molecule has 2 N–H and O–H groups in total. The molecule has 1 atom stereocenters. The second-order valence-corrected chi connectivity index (χ2v) is 6.31. The minimum absolute atomic E-state index is 0.0762. The minimum atomic E-state index is -0.103. The largest absolute Gasteiger partial charge is 0.508 e. The lowest BCUT2D eigenvalue weighted by atomic mass is 10.1. The van der Waals surface area contributed by atoms with E-state index in [1.807, 2.05) is 12.1 Å². The van der Waals surface area contributed by atoms with Crippen molar-refractivity contribution in [2.45, 2.75) is 25.4 Å². The van der Waals surface area contributed by atoms with E-state index in [0.717, 1.165) is 24.9 Å². The Bertz CT molecular complexity index is 692. The van der Waals surface area contributed by atoms with Crippen molar-refractivity contribution < 1.29 is 9.90 Å². The lowest BCUT2D eigenvalue weighted by Gasteiger charge is -2.34. The van der Waals surface area contributed by atoms with Crippen LogP contribution in [0.5, 0.6) is 5.75 Å². The highest BCUT2D eigenvalue weighted by molar-refractivity contribution is 5.74. The van der Waals surface area contributed by atoms with Gasteiger partial charge in [-0.3, -0.25) is 0 Å². The molecule has 0 bridgehead atoms. The summed E-state index contributed by atoms with van der Waals surface area (Å²) in [5.74, 6) is 0.931. The number of hydrogen-bond acceptors (Lipinski definition) is 5. The summed E-state index contributed by atoms with van der Waals surface area (Å²) >= 11 is 0. The van der Waals surface area contributed by atoms with Crippen LogP contribution in [0.4, 0.5) is 10.7 Å².